The van der Waals surface area contributed by atoms with Gasteiger partial charge in [-0.2, -0.15) is 0 Å². The number of hydrogen-bond donors (Lipinski definition) is 1. The van der Waals surface area contributed by atoms with Gasteiger partial charge < -0.3 is 14.2 Å². The lowest BCUT2D eigenvalue weighted by Crippen LogP contribution is -2.41. The normalized spacial score (nSPS) is 16.1. The standard InChI is InChI=1S/C25H33FN4O3/c1-4-8-21(17-9-5-6-10-17)29(3)23(31)11-7-12-33-22-14-20-18(13-19(22)26)15-30-16(2)24(32)28-25(30)27-20/h13-14,17,21H,2,4-12,15H2,1,3H3,(H,27,28,32). The number of aromatic nitrogens is 2. The lowest BCUT2D eigenvalue weighted by Gasteiger charge is -2.33. The number of amides is 1. The average Bonchev–Trinajstić information content (AvgIpc) is 3.42. The number of carbonyl (C=O) groups excluding carboxylic acids is 1. The summed E-state index contributed by atoms with van der Waals surface area (Å²) in [5.74, 6) is 0.354. The second-order valence-corrected chi connectivity index (χ2v) is 9.19. The Morgan fingerprint density at radius 3 is 2.88 bits per heavy atom. The van der Waals surface area contributed by atoms with Gasteiger partial charge in [0, 0.05) is 31.1 Å². The van der Waals surface area contributed by atoms with E-state index in [2.05, 4.69) is 23.5 Å². The van der Waals surface area contributed by atoms with Gasteiger partial charge in [0.05, 0.1) is 18.8 Å². The molecule has 2 aliphatic rings. The fourth-order valence-electron chi connectivity index (χ4n) is 5.11. The predicted molar refractivity (Wildman–Crippen MR) is 125 cm³/mol. The minimum Gasteiger partial charge on any atom is -0.490 e. The summed E-state index contributed by atoms with van der Waals surface area (Å²) in [7, 11) is 1.92. The summed E-state index contributed by atoms with van der Waals surface area (Å²) in [6, 6.07) is 3.25. The average molecular weight is 457 g/mol. The van der Waals surface area contributed by atoms with Gasteiger partial charge in [0.25, 0.3) is 5.56 Å². The molecular weight excluding hydrogens is 423 g/mol. The van der Waals surface area contributed by atoms with Crippen molar-refractivity contribution in [2.45, 2.75) is 70.9 Å². The van der Waals surface area contributed by atoms with Gasteiger partial charge in [0.2, 0.25) is 11.5 Å². The Labute approximate surface area is 193 Å². The van der Waals surface area contributed by atoms with Gasteiger partial charge in [-0.3, -0.25) is 14.6 Å². The van der Waals surface area contributed by atoms with Crippen LogP contribution in [0.25, 0.3) is 6.58 Å². The lowest BCUT2D eigenvalue weighted by atomic mass is 9.93. The van der Waals surface area contributed by atoms with Gasteiger partial charge in [-0.1, -0.05) is 32.8 Å². The van der Waals surface area contributed by atoms with Crippen LogP contribution in [-0.2, 0) is 11.3 Å². The maximum absolute atomic E-state index is 14.6. The van der Waals surface area contributed by atoms with Crippen LogP contribution in [-0.4, -0.2) is 40.1 Å². The lowest BCUT2D eigenvalue weighted by molar-refractivity contribution is -0.133. The summed E-state index contributed by atoms with van der Waals surface area (Å²) in [6.45, 7) is 6.47. The highest BCUT2D eigenvalue weighted by atomic mass is 19.1. The van der Waals surface area contributed by atoms with Gasteiger partial charge >= 0.3 is 0 Å². The number of halogens is 1. The molecule has 1 N–H and O–H groups in total. The molecule has 1 aromatic heterocycles. The zero-order chi connectivity index (χ0) is 23.5. The first kappa shape index (κ1) is 23.3. The Bertz CT molecular complexity index is 1180. The van der Waals surface area contributed by atoms with Crippen molar-refractivity contribution < 1.29 is 13.9 Å². The van der Waals surface area contributed by atoms with Crippen LogP contribution in [0.15, 0.2) is 21.9 Å². The molecule has 7 nitrogen and oxygen atoms in total. The molecular formula is C25H33FN4O3. The van der Waals surface area contributed by atoms with E-state index in [0.717, 1.165) is 12.8 Å². The zero-order valence-electron chi connectivity index (χ0n) is 19.5. The van der Waals surface area contributed by atoms with E-state index in [0.29, 0.717) is 53.6 Å². The number of imidazole rings is 1. The minimum absolute atomic E-state index is 0.102. The molecule has 1 amide bonds. The third-order valence-corrected chi connectivity index (χ3v) is 6.97. The fourth-order valence-corrected chi connectivity index (χ4v) is 5.11. The second kappa shape index (κ2) is 9.93. The molecule has 0 radical (unpaired) electrons. The Balaban J connectivity index is 1.35. The molecule has 1 fully saturated rings. The van der Waals surface area contributed by atoms with Gasteiger partial charge in [0.1, 0.15) is 5.35 Å². The Hall–Kier alpha value is -2.90. The summed E-state index contributed by atoms with van der Waals surface area (Å²) >= 11 is 0. The summed E-state index contributed by atoms with van der Waals surface area (Å²) in [4.78, 5) is 33.6. The number of ether oxygens (including phenoxy) is 1. The molecule has 1 aliphatic carbocycles. The molecule has 2 heterocycles. The van der Waals surface area contributed by atoms with Gasteiger partial charge in [0.15, 0.2) is 11.6 Å². The van der Waals surface area contributed by atoms with Gasteiger partial charge in [-0.15, -0.1) is 0 Å². The largest absolute Gasteiger partial charge is 0.490 e. The van der Waals surface area contributed by atoms with Crippen molar-refractivity contribution in [3.63, 3.8) is 0 Å². The van der Waals surface area contributed by atoms with Crippen molar-refractivity contribution in [3.05, 3.63) is 44.8 Å². The first-order valence-electron chi connectivity index (χ1n) is 12.0. The fraction of sp³-hybridized carbons (Fsp3) is 0.560. The number of fused-ring (bicyclic) bond motifs is 2. The molecule has 0 spiro atoms. The van der Waals surface area contributed by atoms with Crippen LogP contribution in [0.2, 0.25) is 0 Å². The van der Waals surface area contributed by atoms with E-state index in [4.69, 9.17) is 4.74 Å². The van der Waals surface area contributed by atoms with Crippen molar-refractivity contribution in [2.75, 3.05) is 13.7 Å². The van der Waals surface area contributed by atoms with Crippen LogP contribution in [0.5, 0.6) is 5.75 Å². The molecule has 2 aromatic rings. The zero-order valence-corrected chi connectivity index (χ0v) is 19.5. The van der Waals surface area contributed by atoms with Crippen molar-refractivity contribution in [1.82, 2.24) is 14.5 Å². The van der Waals surface area contributed by atoms with E-state index in [1.54, 1.807) is 10.6 Å². The number of H-pyrrole nitrogens is 1. The molecule has 178 valence electrons. The Kier molecular flexibility index (Phi) is 7.00. The first-order chi connectivity index (χ1) is 15.9. The highest BCUT2D eigenvalue weighted by Crippen LogP contribution is 2.33. The SMILES string of the molecule is C=c1c(=O)[nH]c2n1Cc1cc(F)c(OCCCC(=O)N(C)C(CCC)C3CCCC3)cc1N=2. The number of rotatable bonds is 9. The van der Waals surface area contributed by atoms with Crippen molar-refractivity contribution in [1.29, 1.82) is 0 Å². The number of nitrogens with one attached hydrogen (secondary N) is 1. The van der Waals surface area contributed by atoms with Crippen LogP contribution >= 0.6 is 0 Å². The van der Waals surface area contributed by atoms with E-state index in [-0.39, 0.29) is 23.8 Å². The molecule has 1 aliphatic heterocycles. The molecule has 0 bridgehead atoms. The molecule has 4 rings (SSSR count). The number of carbonyl (C=O) groups is 1. The van der Waals surface area contributed by atoms with E-state index >= 15 is 0 Å². The molecule has 0 saturated heterocycles. The predicted octanol–water partition coefficient (Wildman–Crippen LogP) is 3.02. The van der Waals surface area contributed by atoms with Crippen LogP contribution in [0.1, 0.15) is 63.9 Å². The van der Waals surface area contributed by atoms with E-state index in [1.807, 2.05) is 11.9 Å². The van der Waals surface area contributed by atoms with Crippen molar-refractivity contribution in [3.8, 4) is 5.75 Å². The quantitative estimate of drug-likeness (QED) is 0.503. The maximum Gasteiger partial charge on any atom is 0.274 e. The highest BCUT2D eigenvalue weighted by Gasteiger charge is 2.29. The van der Waals surface area contributed by atoms with Crippen molar-refractivity contribution >= 4 is 18.2 Å². The van der Waals surface area contributed by atoms with Crippen molar-refractivity contribution in [2.24, 2.45) is 10.9 Å². The topological polar surface area (TPSA) is 79.7 Å². The summed E-state index contributed by atoms with van der Waals surface area (Å²) in [5.41, 5.74) is 1.31. The number of hydrogen-bond acceptors (Lipinski definition) is 4. The molecule has 1 saturated carbocycles. The van der Waals surface area contributed by atoms with E-state index in [1.165, 1.54) is 31.7 Å². The molecule has 8 heteroatoms. The Morgan fingerprint density at radius 2 is 2.15 bits per heavy atom. The molecule has 33 heavy (non-hydrogen) atoms. The third kappa shape index (κ3) is 4.89. The van der Waals surface area contributed by atoms with Crippen LogP contribution in [0.3, 0.4) is 0 Å². The van der Waals surface area contributed by atoms with Gasteiger partial charge in [-0.25, -0.2) is 9.38 Å². The van der Waals surface area contributed by atoms with Crippen LogP contribution in [0.4, 0.5) is 10.1 Å². The number of aromatic amines is 1. The second-order valence-electron chi connectivity index (χ2n) is 9.19. The minimum atomic E-state index is -0.482. The number of nitrogens with zero attached hydrogens (tertiary/aromatic N) is 3. The highest BCUT2D eigenvalue weighted by molar-refractivity contribution is 5.76. The molecule has 1 aromatic carbocycles. The van der Waals surface area contributed by atoms with E-state index < -0.39 is 5.82 Å². The molecule has 1 atom stereocenters. The monoisotopic (exact) mass is 456 g/mol. The summed E-state index contributed by atoms with van der Waals surface area (Å²) in [5, 5.41) is 0.295. The van der Waals surface area contributed by atoms with Gasteiger partial charge in [-0.05, 0) is 37.7 Å². The number of benzene rings is 1. The van der Waals surface area contributed by atoms with Crippen LogP contribution in [0, 0.1) is 11.7 Å². The Morgan fingerprint density at radius 1 is 1.39 bits per heavy atom. The molecule has 1 unspecified atom stereocenters. The summed E-state index contributed by atoms with van der Waals surface area (Å²) < 4.78 is 21.9. The summed E-state index contributed by atoms with van der Waals surface area (Å²) in [6.07, 6.45) is 7.95. The van der Waals surface area contributed by atoms with E-state index in [9.17, 15) is 14.0 Å². The maximum atomic E-state index is 14.6. The third-order valence-electron chi connectivity index (χ3n) is 6.97. The smallest absolute Gasteiger partial charge is 0.274 e. The van der Waals surface area contributed by atoms with Crippen LogP contribution < -0.4 is 21.3 Å². The first-order valence-corrected chi connectivity index (χ1v) is 12.0.